The number of carbonyl (C=O) groups is 2. The third kappa shape index (κ3) is 2.23. The van der Waals surface area contributed by atoms with Crippen molar-refractivity contribution in [2.75, 3.05) is 6.54 Å². The fourth-order valence-electron chi connectivity index (χ4n) is 1.74. The molecule has 2 unspecified atom stereocenters. The molecule has 1 aliphatic rings. The topological polar surface area (TPSA) is 83.6 Å². The van der Waals surface area contributed by atoms with Gasteiger partial charge in [0.2, 0.25) is 5.91 Å². The molecule has 0 aromatic rings. The Bertz CT molecular complexity index is 242. The minimum absolute atomic E-state index is 0.104. The van der Waals surface area contributed by atoms with Crippen molar-refractivity contribution in [2.24, 2.45) is 5.73 Å². The maximum Gasteiger partial charge on any atom is 0.326 e. The summed E-state index contributed by atoms with van der Waals surface area (Å²) in [5.74, 6) is -1.06. The summed E-state index contributed by atoms with van der Waals surface area (Å²) in [5, 5.41) is 8.87. The number of aliphatic carboxylic acids is 1. The number of hydrogen-bond donors (Lipinski definition) is 2. The average molecular weight is 200 g/mol. The van der Waals surface area contributed by atoms with Gasteiger partial charge in [0.05, 0.1) is 0 Å². The van der Waals surface area contributed by atoms with Gasteiger partial charge in [-0.25, -0.2) is 4.79 Å². The highest BCUT2D eigenvalue weighted by atomic mass is 16.4. The normalized spacial score (nSPS) is 26.6. The Morgan fingerprint density at radius 2 is 2.21 bits per heavy atom. The average Bonchev–Trinajstić information content (AvgIpc) is 2.48. The molecule has 14 heavy (non-hydrogen) atoms. The molecular formula is C9H16N2O3. The van der Waals surface area contributed by atoms with Crippen LogP contribution < -0.4 is 5.73 Å². The molecule has 5 heteroatoms. The van der Waals surface area contributed by atoms with Gasteiger partial charge in [-0.3, -0.25) is 4.79 Å². The molecule has 1 heterocycles. The second-order valence-corrected chi connectivity index (χ2v) is 3.65. The van der Waals surface area contributed by atoms with Gasteiger partial charge in [-0.2, -0.15) is 0 Å². The molecule has 1 fully saturated rings. The standard InChI is InChI=1S/C9H16N2O3/c1-2-3-8(12)11-5-6(10)4-7(11)9(13)14/h6-7H,2-5,10H2,1H3,(H,13,14). The quantitative estimate of drug-likeness (QED) is 0.660. The third-order valence-electron chi connectivity index (χ3n) is 2.40. The summed E-state index contributed by atoms with van der Waals surface area (Å²) in [5.41, 5.74) is 5.63. The molecule has 0 spiro atoms. The number of likely N-dealkylation sites (tertiary alicyclic amines) is 1. The van der Waals surface area contributed by atoms with Crippen LogP contribution in [0.2, 0.25) is 0 Å². The summed E-state index contributed by atoms with van der Waals surface area (Å²) in [6, 6.07) is -0.916. The Morgan fingerprint density at radius 1 is 1.57 bits per heavy atom. The van der Waals surface area contributed by atoms with E-state index in [2.05, 4.69) is 0 Å². The van der Waals surface area contributed by atoms with Crippen molar-refractivity contribution in [3.63, 3.8) is 0 Å². The summed E-state index contributed by atoms with van der Waals surface area (Å²) in [6.07, 6.45) is 1.50. The van der Waals surface area contributed by atoms with Crippen LogP contribution in [-0.4, -0.2) is 40.5 Å². The van der Waals surface area contributed by atoms with E-state index in [0.29, 0.717) is 19.4 Å². The second-order valence-electron chi connectivity index (χ2n) is 3.65. The molecule has 3 N–H and O–H groups in total. The number of nitrogens with zero attached hydrogens (tertiary/aromatic N) is 1. The minimum atomic E-state index is -0.956. The van der Waals surface area contributed by atoms with E-state index in [9.17, 15) is 9.59 Å². The maximum absolute atomic E-state index is 11.5. The number of carboxylic acids is 1. The smallest absolute Gasteiger partial charge is 0.326 e. The molecule has 1 saturated heterocycles. The minimum Gasteiger partial charge on any atom is -0.480 e. The van der Waals surface area contributed by atoms with Crippen molar-refractivity contribution < 1.29 is 14.7 Å². The second kappa shape index (κ2) is 4.41. The molecule has 0 aromatic carbocycles. The van der Waals surface area contributed by atoms with Crippen LogP contribution >= 0.6 is 0 Å². The lowest BCUT2D eigenvalue weighted by Gasteiger charge is -2.20. The van der Waals surface area contributed by atoms with Gasteiger partial charge in [-0.05, 0) is 12.8 Å². The lowest BCUT2D eigenvalue weighted by atomic mass is 10.2. The Hall–Kier alpha value is -1.10. The number of carboxylic acid groups (broad SMARTS) is 1. The van der Waals surface area contributed by atoms with Crippen LogP contribution in [0.25, 0.3) is 0 Å². The van der Waals surface area contributed by atoms with E-state index in [1.165, 1.54) is 4.90 Å². The largest absolute Gasteiger partial charge is 0.480 e. The van der Waals surface area contributed by atoms with Gasteiger partial charge in [0, 0.05) is 19.0 Å². The van der Waals surface area contributed by atoms with Gasteiger partial charge in [0.25, 0.3) is 0 Å². The lowest BCUT2D eigenvalue weighted by molar-refractivity contribution is -0.148. The van der Waals surface area contributed by atoms with Crippen molar-refractivity contribution in [2.45, 2.75) is 38.3 Å². The summed E-state index contributed by atoms with van der Waals surface area (Å²) in [4.78, 5) is 23.7. The number of rotatable bonds is 3. The van der Waals surface area contributed by atoms with Crippen molar-refractivity contribution in [3.8, 4) is 0 Å². The Morgan fingerprint density at radius 3 is 2.71 bits per heavy atom. The highest BCUT2D eigenvalue weighted by Crippen LogP contribution is 2.18. The molecule has 5 nitrogen and oxygen atoms in total. The monoisotopic (exact) mass is 200 g/mol. The number of amides is 1. The van der Waals surface area contributed by atoms with Crippen molar-refractivity contribution in [1.82, 2.24) is 4.90 Å². The summed E-state index contributed by atoms with van der Waals surface area (Å²) in [6.45, 7) is 2.26. The van der Waals surface area contributed by atoms with Crippen LogP contribution in [0, 0.1) is 0 Å². The fourth-order valence-corrected chi connectivity index (χ4v) is 1.74. The molecule has 0 aromatic heterocycles. The van der Waals surface area contributed by atoms with Gasteiger partial charge in [0.1, 0.15) is 6.04 Å². The first-order valence-corrected chi connectivity index (χ1v) is 4.84. The predicted molar refractivity (Wildman–Crippen MR) is 50.6 cm³/mol. The van der Waals surface area contributed by atoms with E-state index in [1.54, 1.807) is 0 Å². The Kier molecular flexibility index (Phi) is 3.46. The molecular weight excluding hydrogens is 184 g/mol. The zero-order chi connectivity index (χ0) is 10.7. The molecule has 0 bridgehead atoms. The Labute approximate surface area is 82.9 Å². The van der Waals surface area contributed by atoms with E-state index in [0.717, 1.165) is 6.42 Å². The zero-order valence-corrected chi connectivity index (χ0v) is 8.27. The van der Waals surface area contributed by atoms with Crippen LogP contribution in [0.3, 0.4) is 0 Å². The molecule has 0 saturated carbocycles. The van der Waals surface area contributed by atoms with Gasteiger partial charge >= 0.3 is 5.97 Å². The molecule has 0 aliphatic carbocycles. The van der Waals surface area contributed by atoms with Gasteiger partial charge in [-0.15, -0.1) is 0 Å². The summed E-state index contributed by atoms with van der Waals surface area (Å²) >= 11 is 0. The van der Waals surface area contributed by atoms with E-state index < -0.39 is 12.0 Å². The lowest BCUT2D eigenvalue weighted by Crippen LogP contribution is -2.40. The number of hydrogen-bond acceptors (Lipinski definition) is 3. The van der Waals surface area contributed by atoms with E-state index in [1.807, 2.05) is 6.92 Å². The van der Waals surface area contributed by atoms with Crippen LogP contribution in [0.15, 0.2) is 0 Å². The number of carbonyl (C=O) groups excluding carboxylic acids is 1. The van der Waals surface area contributed by atoms with Crippen LogP contribution in [0.1, 0.15) is 26.2 Å². The van der Waals surface area contributed by atoms with E-state index >= 15 is 0 Å². The van der Waals surface area contributed by atoms with Crippen LogP contribution in [-0.2, 0) is 9.59 Å². The van der Waals surface area contributed by atoms with Gasteiger partial charge in [-0.1, -0.05) is 6.92 Å². The SMILES string of the molecule is CCCC(=O)N1CC(N)CC1C(=O)O. The van der Waals surface area contributed by atoms with Gasteiger partial charge < -0.3 is 15.7 Å². The van der Waals surface area contributed by atoms with Crippen molar-refractivity contribution >= 4 is 11.9 Å². The first kappa shape index (κ1) is 11.0. The van der Waals surface area contributed by atoms with Crippen LogP contribution in [0.5, 0.6) is 0 Å². The van der Waals surface area contributed by atoms with Gasteiger partial charge in [0.15, 0.2) is 0 Å². The first-order valence-electron chi connectivity index (χ1n) is 4.84. The highest BCUT2D eigenvalue weighted by Gasteiger charge is 2.37. The third-order valence-corrected chi connectivity index (χ3v) is 2.40. The molecule has 2 atom stereocenters. The van der Waals surface area contributed by atoms with Crippen molar-refractivity contribution in [3.05, 3.63) is 0 Å². The van der Waals surface area contributed by atoms with E-state index in [4.69, 9.17) is 10.8 Å². The van der Waals surface area contributed by atoms with Crippen molar-refractivity contribution in [1.29, 1.82) is 0 Å². The zero-order valence-electron chi connectivity index (χ0n) is 8.27. The molecule has 80 valence electrons. The molecule has 0 radical (unpaired) electrons. The highest BCUT2D eigenvalue weighted by molar-refractivity contribution is 5.84. The van der Waals surface area contributed by atoms with E-state index in [-0.39, 0.29) is 11.9 Å². The number of nitrogens with two attached hydrogens (primary N) is 1. The molecule has 1 aliphatic heterocycles. The molecule has 1 rings (SSSR count). The Balaban J connectivity index is 2.66. The van der Waals surface area contributed by atoms with Crippen LogP contribution in [0.4, 0.5) is 0 Å². The predicted octanol–water partition coefficient (Wildman–Crippen LogP) is -0.201. The fraction of sp³-hybridized carbons (Fsp3) is 0.778. The summed E-state index contributed by atoms with van der Waals surface area (Å²) < 4.78 is 0. The first-order chi connectivity index (χ1) is 6.56. The maximum atomic E-state index is 11.5. The molecule has 1 amide bonds. The summed E-state index contributed by atoms with van der Waals surface area (Å²) in [7, 11) is 0.